The molecule has 1 aromatic heterocycles. The molecule has 0 bridgehead atoms. The first-order valence-corrected chi connectivity index (χ1v) is 5.59. The molecule has 0 radical (unpaired) electrons. The first-order valence-electron chi connectivity index (χ1n) is 4.79. The monoisotopic (exact) mass is 298 g/mol. The van der Waals surface area contributed by atoms with Crippen LogP contribution in [0, 0.1) is 0 Å². The van der Waals surface area contributed by atoms with Crippen LogP contribution in [-0.4, -0.2) is 19.4 Å². The van der Waals surface area contributed by atoms with Gasteiger partial charge in [0, 0.05) is 17.7 Å². The van der Waals surface area contributed by atoms with Gasteiger partial charge < -0.3 is 19.7 Å². The van der Waals surface area contributed by atoms with Gasteiger partial charge in [-0.25, -0.2) is 0 Å². The molecule has 0 aliphatic heterocycles. The molecule has 2 N–H and O–H groups in total. The SMILES string of the molecule is COc1cc(OC)c(-c2cc(N)on2)cc1Br. The molecule has 0 saturated carbocycles. The van der Waals surface area contributed by atoms with Gasteiger partial charge in [0.05, 0.1) is 18.7 Å². The fraction of sp³-hybridized carbons (Fsp3) is 0.182. The molecule has 2 rings (SSSR count). The first kappa shape index (κ1) is 11.8. The number of aromatic nitrogens is 1. The van der Waals surface area contributed by atoms with Gasteiger partial charge in [0.25, 0.3) is 0 Å². The van der Waals surface area contributed by atoms with E-state index in [1.807, 2.05) is 6.07 Å². The number of hydrogen-bond acceptors (Lipinski definition) is 5. The highest BCUT2D eigenvalue weighted by atomic mass is 79.9. The van der Waals surface area contributed by atoms with Crippen molar-refractivity contribution >= 4 is 21.8 Å². The minimum absolute atomic E-state index is 0.258. The Hall–Kier alpha value is -1.69. The Bertz CT molecular complexity index is 540. The van der Waals surface area contributed by atoms with E-state index in [0.29, 0.717) is 17.2 Å². The van der Waals surface area contributed by atoms with E-state index in [0.717, 1.165) is 10.0 Å². The number of methoxy groups -OCH3 is 2. The zero-order chi connectivity index (χ0) is 12.4. The molecule has 2 aromatic rings. The van der Waals surface area contributed by atoms with Crippen LogP contribution in [-0.2, 0) is 0 Å². The van der Waals surface area contributed by atoms with Gasteiger partial charge in [0.15, 0.2) is 0 Å². The molecule has 0 atom stereocenters. The third-order valence-electron chi connectivity index (χ3n) is 2.28. The van der Waals surface area contributed by atoms with Crippen LogP contribution >= 0.6 is 15.9 Å². The summed E-state index contributed by atoms with van der Waals surface area (Å²) in [5.74, 6) is 1.58. The number of nitrogen functional groups attached to an aromatic ring is 1. The van der Waals surface area contributed by atoms with Crippen molar-refractivity contribution in [2.24, 2.45) is 0 Å². The Kier molecular flexibility index (Phi) is 3.23. The van der Waals surface area contributed by atoms with Crippen molar-refractivity contribution in [1.82, 2.24) is 5.16 Å². The Morgan fingerprint density at radius 2 is 1.88 bits per heavy atom. The molecule has 0 amide bonds. The third-order valence-corrected chi connectivity index (χ3v) is 2.90. The van der Waals surface area contributed by atoms with Crippen LogP contribution in [0.15, 0.2) is 27.2 Å². The van der Waals surface area contributed by atoms with Crippen molar-refractivity contribution in [3.8, 4) is 22.8 Å². The average Bonchev–Trinajstić information content (AvgIpc) is 2.75. The lowest BCUT2D eigenvalue weighted by Gasteiger charge is -2.10. The summed E-state index contributed by atoms with van der Waals surface area (Å²) in [7, 11) is 3.17. The molecule has 0 spiro atoms. The minimum atomic E-state index is 0.258. The molecule has 5 nitrogen and oxygen atoms in total. The Morgan fingerprint density at radius 3 is 2.41 bits per heavy atom. The van der Waals surface area contributed by atoms with Crippen molar-refractivity contribution in [3.63, 3.8) is 0 Å². The summed E-state index contributed by atoms with van der Waals surface area (Å²) in [4.78, 5) is 0. The predicted octanol–water partition coefficient (Wildman–Crippen LogP) is 2.70. The maximum Gasteiger partial charge on any atom is 0.222 e. The second-order valence-electron chi connectivity index (χ2n) is 3.30. The topological polar surface area (TPSA) is 70.5 Å². The number of rotatable bonds is 3. The largest absolute Gasteiger partial charge is 0.496 e. The highest BCUT2D eigenvalue weighted by Crippen LogP contribution is 2.38. The first-order chi connectivity index (χ1) is 8.15. The maximum absolute atomic E-state index is 5.50. The van der Waals surface area contributed by atoms with Crippen LogP contribution in [0.25, 0.3) is 11.3 Å². The fourth-order valence-corrected chi connectivity index (χ4v) is 1.98. The number of nitrogens with two attached hydrogens (primary N) is 1. The number of halogens is 1. The zero-order valence-electron chi connectivity index (χ0n) is 9.36. The number of ether oxygens (including phenoxy) is 2. The number of hydrogen-bond donors (Lipinski definition) is 1. The molecule has 0 unspecified atom stereocenters. The molecule has 0 fully saturated rings. The molecular weight excluding hydrogens is 288 g/mol. The van der Waals surface area contributed by atoms with Crippen molar-refractivity contribution in [1.29, 1.82) is 0 Å². The quantitative estimate of drug-likeness (QED) is 0.943. The predicted molar refractivity (Wildman–Crippen MR) is 67.2 cm³/mol. The Labute approximate surface area is 107 Å². The molecule has 0 saturated heterocycles. The Morgan fingerprint density at radius 1 is 1.18 bits per heavy atom. The molecule has 17 heavy (non-hydrogen) atoms. The third kappa shape index (κ3) is 2.21. The van der Waals surface area contributed by atoms with Gasteiger partial charge in [-0.05, 0) is 22.0 Å². The van der Waals surface area contributed by atoms with E-state index in [9.17, 15) is 0 Å². The lowest BCUT2D eigenvalue weighted by Crippen LogP contribution is -1.92. The maximum atomic E-state index is 5.50. The summed E-state index contributed by atoms with van der Waals surface area (Å²) in [6.45, 7) is 0. The molecule has 6 heteroatoms. The summed E-state index contributed by atoms with van der Waals surface area (Å²) < 4.78 is 16.1. The van der Waals surface area contributed by atoms with Gasteiger partial charge in [-0.2, -0.15) is 0 Å². The summed E-state index contributed by atoms with van der Waals surface area (Å²) in [5, 5.41) is 3.85. The summed E-state index contributed by atoms with van der Waals surface area (Å²) in [6, 6.07) is 5.25. The van der Waals surface area contributed by atoms with Gasteiger partial charge in [-0.15, -0.1) is 0 Å². The second-order valence-corrected chi connectivity index (χ2v) is 4.16. The Balaban J connectivity index is 2.57. The van der Waals surface area contributed by atoms with Crippen LogP contribution in [0.1, 0.15) is 0 Å². The lowest BCUT2D eigenvalue weighted by molar-refractivity contribution is 0.393. The minimum Gasteiger partial charge on any atom is -0.496 e. The van der Waals surface area contributed by atoms with E-state index in [4.69, 9.17) is 19.7 Å². The van der Waals surface area contributed by atoms with Crippen LogP contribution in [0.4, 0.5) is 5.88 Å². The van der Waals surface area contributed by atoms with Crippen molar-refractivity contribution < 1.29 is 14.0 Å². The molecule has 1 aromatic carbocycles. The van der Waals surface area contributed by atoms with Gasteiger partial charge in [0.2, 0.25) is 5.88 Å². The fourth-order valence-electron chi connectivity index (χ4n) is 1.48. The molecule has 0 aliphatic carbocycles. The van der Waals surface area contributed by atoms with Crippen molar-refractivity contribution in [2.45, 2.75) is 0 Å². The average molecular weight is 299 g/mol. The summed E-state index contributed by atoms with van der Waals surface area (Å²) >= 11 is 3.40. The van der Waals surface area contributed by atoms with E-state index >= 15 is 0 Å². The summed E-state index contributed by atoms with van der Waals surface area (Å²) in [6.07, 6.45) is 0. The van der Waals surface area contributed by atoms with E-state index in [-0.39, 0.29) is 5.88 Å². The van der Waals surface area contributed by atoms with E-state index in [2.05, 4.69) is 21.1 Å². The highest BCUT2D eigenvalue weighted by molar-refractivity contribution is 9.10. The number of nitrogens with zero attached hydrogens (tertiary/aromatic N) is 1. The van der Waals surface area contributed by atoms with Gasteiger partial charge in [-0.1, -0.05) is 5.16 Å². The number of benzene rings is 1. The van der Waals surface area contributed by atoms with E-state index in [1.165, 1.54) is 0 Å². The second kappa shape index (κ2) is 4.67. The summed E-state index contributed by atoms with van der Waals surface area (Å²) in [5.41, 5.74) is 6.89. The van der Waals surface area contributed by atoms with Crippen LogP contribution in [0.2, 0.25) is 0 Å². The number of anilines is 1. The standard InChI is InChI=1S/C11H11BrN2O3/c1-15-9-5-10(16-2)7(12)3-6(9)8-4-11(13)17-14-8/h3-5H,13H2,1-2H3. The van der Waals surface area contributed by atoms with Crippen LogP contribution in [0.3, 0.4) is 0 Å². The zero-order valence-corrected chi connectivity index (χ0v) is 10.9. The molecule has 0 aliphatic rings. The lowest BCUT2D eigenvalue weighted by atomic mass is 10.1. The van der Waals surface area contributed by atoms with Gasteiger partial charge >= 0.3 is 0 Å². The highest BCUT2D eigenvalue weighted by Gasteiger charge is 2.14. The smallest absolute Gasteiger partial charge is 0.222 e. The van der Waals surface area contributed by atoms with Crippen molar-refractivity contribution in [2.75, 3.05) is 20.0 Å². The normalized spacial score (nSPS) is 10.3. The van der Waals surface area contributed by atoms with Gasteiger partial charge in [0.1, 0.15) is 17.2 Å². The van der Waals surface area contributed by atoms with E-state index in [1.54, 1.807) is 26.4 Å². The van der Waals surface area contributed by atoms with E-state index < -0.39 is 0 Å². The van der Waals surface area contributed by atoms with Crippen LogP contribution in [0.5, 0.6) is 11.5 Å². The van der Waals surface area contributed by atoms with Crippen molar-refractivity contribution in [3.05, 3.63) is 22.7 Å². The molecular formula is C11H11BrN2O3. The molecule has 90 valence electrons. The molecule has 1 heterocycles. The van der Waals surface area contributed by atoms with Gasteiger partial charge in [-0.3, -0.25) is 0 Å². The van der Waals surface area contributed by atoms with Crippen LogP contribution < -0.4 is 15.2 Å².